The summed E-state index contributed by atoms with van der Waals surface area (Å²) in [5.41, 5.74) is 0.875. The second-order valence-corrected chi connectivity index (χ2v) is 6.86. The topological polar surface area (TPSA) is 42.0 Å². The van der Waals surface area contributed by atoms with E-state index in [9.17, 15) is 4.79 Å². The molecule has 3 nitrogen and oxygen atoms in total. The molecule has 0 radical (unpaired) electrons. The first-order chi connectivity index (χ1) is 9.54. The Bertz CT molecular complexity index is 810. The van der Waals surface area contributed by atoms with Gasteiger partial charge in [0.2, 0.25) is 0 Å². The molecule has 0 saturated heterocycles. The summed E-state index contributed by atoms with van der Waals surface area (Å²) in [5.74, 6) is -0.248. The molecule has 3 rings (SSSR count). The highest BCUT2D eigenvalue weighted by Gasteiger charge is 2.18. The summed E-state index contributed by atoms with van der Waals surface area (Å²) < 4.78 is 0.892. The Morgan fingerprint density at radius 3 is 2.85 bits per heavy atom. The number of hydrogen-bond donors (Lipinski definition) is 1. The van der Waals surface area contributed by atoms with Crippen molar-refractivity contribution in [2.45, 2.75) is 6.92 Å². The number of thiophene rings is 1. The molecule has 0 atom stereocenters. The van der Waals surface area contributed by atoms with Gasteiger partial charge in [-0.15, -0.1) is 22.7 Å². The van der Waals surface area contributed by atoms with Gasteiger partial charge in [-0.2, -0.15) is 0 Å². The van der Waals surface area contributed by atoms with Crippen LogP contribution in [-0.2, 0) is 0 Å². The van der Waals surface area contributed by atoms with Crippen molar-refractivity contribution in [3.8, 4) is 0 Å². The predicted octanol–water partition coefficient (Wildman–Crippen LogP) is 5.23. The monoisotopic (exact) mass is 342 g/mol. The third kappa shape index (κ3) is 2.54. The Kier molecular flexibility index (Phi) is 3.69. The van der Waals surface area contributed by atoms with Gasteiger partial charge < -0.3 is 0 Å². The molecule has 3 aromatic rings. The number of anilines is 1. The minimum atomic E-state index is -0.248. The number of halogens is 2. The van der Waals surface area contributed by atoms with Crippen LogP contribution in [0.1, 0.15) is 15.4 Å². The Hall–Kier alpha value is -1.14. The molecule has 7 heteroatoms. The number of carbonyl (C=O) groups is 1. The molecule has 0 aliphatic rings. The van der Waals surface area contributed by atoms with Crippen LogP contribution in [0.3, 0.4) is 0 Å². The van der Waals surface area contributed by atoms with Crippen LogP contribution < -0.4 is 5.32 Å². The highest BCUT2D eigenvalue weighted by molar-refractivity contribution is 7.22. The van der Waals surface area contributed by atoms with Crippen molar-refractivity contribution >= 4 is 67.0 Å². The highest BCUT2D eigenvalue weighted by Crippen LogP contribution is 2.37. The number of nitrogens with zero attached hydrogens (tertiary/aromatic N) is 1. The molecule has 1 amide bonds. The first-order valence-corrected chi connectivity index (χ1v) is 8.11. The van der Waals surface area contributed by atoms with Gasteiger partial charge in [0.15, 0.2) is 5.13 Å². The first kappa shape index (κ1) is 13.8. The number of aryl methyl sites for hydroxylation is 1. The number of amides is 1. The van der Waals surface area contributed by atoms with Gasteiger partial charge >= 0.3 is 0 Å². The summed E-state index contributed by atoms with van der Waals surface area (Å²) in [4.78, 5) is 16.9. The van der Waals surface area contributed by atoms with E-state index >= 15 is 0 Å². The lowest BCUT2D eigenvalue weighted by Gasteiger charge is -1.98. The Balaban J connectivity index is 1.97. The number of carbonyl (C=O) groups excluding carboxylic acids is 1. The van der Waals surface area contributed by atoms with E-state index in [1.54, 1.807) is 12.1 Å². The van der Waals surface area contributed by atoms with Gasteiger partial charge in [-0.05, 0) is 19.1 Å². The van der Waals surface area contributed by atoms with Gasteiger partial charge in [0, 0.05) is 20.5 Å². The van der Waals surface area contributed by atoms with Crippen molar-refractivity contribution in [1.29, 1.82) is 0 Å². The summed E-state index contributed by atoms with van der Waals surface area (Å²) in [7, 11) is 0. The molecule has 2 aromatic heterocycles. The molecule has 102 valence electrons. The van der Waals surface area contributed by atoms with Crippen molar-refractivity contribution < 1.29 is 4.79 Å². The molecular weight excluding hydrogens is 335 g/mol. The fourth-order valence-corrected chi connectivity index (χ4v) is 4.12. The molecular formula is C13H8Cl2N2OS2. The number of aromatic nitrogens is 1. The smallest absolute Gasteiger partial charge is 0.269 e. The summed E-state index contributed by atoms with van der Waals surface area (Å²) in [6, 6.07) is 5.38. The highest BCUT2D eigenvalue weighted by atomic mass is 35.5. The van der Waals surface area contributed by atoms with E-state index in [0.29, 0.717) is 20.1 Å². The van der Waals surface area contributed by atoms with Gasteiger partial charge in [0.1, 0.15) is 4.88 Å². The molecule has 0 unspecified atom stereocenters. The number of nitrogens with one attached hydrogen (secondary N) is 1. The van der Waals surface area contributed by atoms with Crippen LogP contribution in [0.15, 0.2) is 23.6 Å². The van der Waals surface area contributed by atoms with Crippen molar-refractivity contribution in [1.82, 2.24) is 4.98 Å². The standard InChI is InChI=1S/C13H8Cl2N2OS2/c1-6-5-19-13(16-6)17-12(18)11-10(15)8-3-2-7(14)4-9(8)20-11/h2-5H,1H3,(H,16,17,18). The van der Waals surface area contributed by atoms with E-state index in [4.69, 9.17) is 23.2 Å². The van der Waals surface area contributed by atoms with Gasteiger partial charge in [0.05, 0.1) is 10.7 Å². The van der Waals surface area contributed by atoms with Crippen molar-refractivity contribution in [2.75, 3.05) is 5.32 Å². The summed E-state index contributed by atoms with van der Waals surface area (Å²) >= 11 is 14.9. The molecule has 2 heterocycles. The van der Waals surface area contributed by atoms with Crippen LogP contribution in [0.2, 0.25) is 10.0 Å². The van der Waals surface area contributed by atoms with E-state index in [0.717, 1.165) is 15.8 Å². The quantitative estimate of drug-likeness (QED) is 0.693. The molecule has 0 bridgehead atoms. The number of fused-ring (bicyclic) bond motifs is 1. The van der Waals surface area contributed by atoms with E-state index in [1.807, 2.05) is 18.4 Å². The zero-order valence-electron chi connectivity index (χ0n) is 10.2. The summed E-state index contributed by atoms with van der Waals surface area (Å²) in [6.45, 7) is 1.88. The first-order valence-electron chi connectivity index (χ1n) is 5.65. The predicted molar refractivity (Wildman–Crippen MR) is 86.6 cm³/mol. The van der Waals surface area contributed by atoms with Crippen LogP contribution in [0.4, 0.5) is 5.13 Å². The lowest BCUT2D eigenvalue weighted by atomic mass is 10.2. The summed E-state index contributed by atoms with van der Waals surface area (Å²) in [6.07, 6.45) is 0. The number of rotatable bonds is 2. The third-order valence-corrected chi connectivity index (χ3v) is 5.40. The fourth-order valence-electron chi connectivity index (χ4n) is 1.75. The molecule has 1 N–H and O–H groups in total. The maximum Gasteiger partial charge on any atom is 0.269 e. The maximum absolute atomic E-state index is 12.2. The van der Waals surface area contributed by atoms with Crippen molar-refractivity contribution in [3.05, 3.63) is 44.2 Å². The van der Waals surface area contributed by atoms with Gasteiger partial charge in [-0.25, -0.2) is 4.98 Å². The molecule has 20 heavy (non-hydrogen) atoms. The zero-order valence-corrected chi connectivity index (χ0v) is 13.4. The molecule has 0 aliphatic carbocycles. The maximum atomic E-state index is 12.2. The minimum absolute atomic E-state index is 0.248. The number of thiazole rings is 1. The SMILES string of the molecule is Cc1csc(NC(=O)c2sc3cc(Cl)ccc3c2Cl)n1. The van der Waals surface area contributed by atoms with E-state index < -0.39 is 0 Å². The number of hydrogen-bond acceptors (Lipinski definition) is 4. The second kappa shape index (κ2) is 5.33. The minimum Gasteiger partial charge on any atom is -0.297 e. The Labute approximate surface area is 133 Å². The fraction of sp³-hybridized carbons (Fsp3) is 0.0769. The lowest BCUT2D eigenvalue weighted by Crippen LogP contribution is -2.10. The van der Waals surface area contributed by atoms with E-state index in [2.05, 4.69) is 10.3 Å². The average Bonchev–Trinajstić information content (AvgIpc) is 2.94. The van der Waals surface area contributed by atoms with Crippen LogP contribution in [0.25, 0.3) is 10.1 Å². The number of benzene rings is 1. The van der Waals surface area contributed by atoms with Gasteiger partial charge in [0.25, 0.3) is 5.91 Å². The van der Waals surface area contributed by atoms with Gasteiger partial charge in [-0.1, -0.05) is 29.3 Å². The van der Waals surface area contributed by atoms with Gasteiger partial charge in [-0.3, -0.25) is 10.1 Å². The van der Waals surface area contributed by atoms with Crippen LogP contribution in [0.5, 0.6) is 0 Å². The lowest BCUT2D eigenvalue weighted by molar-refractivity contribution is 0.103. The normalized spacial score (nSPS) is 10.9. The zero-order chi connectivity index (χ0) is 14.3. The molecule has 1 aromatic carbocycles. The summed E-state index contributed by atoms with van der Waals surface area (Å²) in [5, 5.41) is 7.11. The molecule has 0 aliphatic heterocycles. The molecule has 0 fully saturated rings. The second-order valence-electron chi connectivity index (χ2n) is 4.13. The third-order valence-electron chi connectivity index (χ3n) is 2.64. The molecule has 0 spiro atoms. The largest absolute Gasteiger partial charge is 0.297 e. The molecule has 0 saturated carbocycles. The van der Waals surface area contributed by atoms with Crippen LogP contribution >= 0.6 is 45.9 Å². The van der Waals surface area contributed by atoms with Crippen molar-refractivity contribution in [2.24, 2.45) is 0 Å². The average molecular weight is 343 g/mol. The van der Waals surface area contributed by atoms with E-state index in [-0.39, 0.29) is 5.91 Å². The van der Waals surface area contributed by atoms with E-state index in [1.165, 1.54) is 22.7 Å². The van der Waals surface area contributed by atoms with Crippen LogP contribution in [-0.4, -0.2) is 10.9 Å². The Morgan fingerprint density at radius 2 is 2.15 bits per heavy atom. The van der Waals surface area contributed by atoms with Crippen molar-refractivity contribution in [3.63, 3.8) is 0 Å². The Morgan fingerprint density at radius 1 is 1.35 bits per heavy atom. The van der Waals surface area contributed by atoms with Crippen LogP contribution in [0, 0.1) is 6.92 Å².